The second kappa shape index (κ2) is 11.5. The van der Waals surface area contributed by atoms with Crippen LogP contribution in [0.25, 0.3) is 10.8 Å². The van der Waals surface area contributed by atoms with Crippen LogP contribution in [0, 0.1) is 11.3 Å². The zero-order chi connectivity index (χ0) is 28.2. The highest BCUT2D eigenvalue weighted by molar-refractivity contribution is 7.92. The van der Waals surface area contributed by atoms with Crippen molar-refractivity contribution in [3.63, 3.8) is 0 Å². The van der Waals surface area contributed by atoms with E-state index in [2.05, 4.69) is 6.07 Å². The summed E-state index contributed by atoms with van der Waals surface area (Å²) in [6, 6.07) is 20.5. The summed E-state index contributed by atoms with van der Waals surface area (Å²) in [5.74, 6) is 0.617. The molecule has 4 rings (SSSR count). The molecule has 0 unspecified atom stereocenters. The van der Waals surface area contributed by atoms with Gasteiger partial charge in [-0.15, -0.1) is 0 Å². The van der Waals surface area contributed by atoms with E-state index >= 15 is 0 Å². The quantitative estimate of drug-likeness (QED) is 0.367. The SMILES string of the molecule is CCS(=O)(=O)N(Cc1ccc2ccc(C#N)cc2c1)c1ccc(OC2CCN(C(=O)OC(C)(C)C)CC2)cc1. The van der Waals surface area contributed by atoms with E-state index in [9.17, 15) is 18.5 Å². The number of ether oxygens (including phenoxy) is 2. The fraction of sp³-hybridized carbons (Fsp3) is 0.400. The van der Waals surface area contributed by atoms with Crippen molar-refractivity contribution in [1.82, 2.24) is 4.90 Å². The van der Waals surface area contributed by atoms with Crippen LogP contribution in [0.5, 0.6) is 5.75 Å². The molecule has 0 aromatic heterocycles. The lowest BCUT2D eigenvalue weighted by molar-refractivity contribution is 0.0126. The summed E-state index contributed by atoms with van der Waals surface area (Å²) in [5.41, 5.74) is 1.41. The molecule has 206 valence electrons. The summed E-state index contributed by atoms with van der Waals surface area (Å²) in [7, 11) is -3.55. The maximum Gasteiger partial charge on any atom is 0.410 e. The van der Waals surface area contributed by atoms with Gasteiger partial charge >= 0.3 is 6.09 Å². The number of nitriles is 1. The number of anilines is 1. The van der Waals surface area contributed by atoms with Gasteiger partial charge in [-0.2, -0.15) is 5.26 Å². The van der Waals surface area contributed by atoms with Crippen LogP contribution < -0.4 is 9.04 Å². The third-order valence-electron chi connectivity index (χ3n) is 6.58. The number of hydrogen-bond donors (Lipinski definition) is 0. The number of carbonyl (C=O) groups excluding carboxylic acids is 1. The van der Waals surface area contributed by atoms with Crippen molar-refractivity contribution < 1.29 is 22.7 Å². The number of benzene rings is 3. The minimum absolute atomic E-state index is 0.0341. The van der Waals surface area contributed by atoms with Gasteiger partial charge < -0.3 is 14.4 Å². The van der Waals surface area contributed by atoms with E-state index in [1.165, 1.54) is 4.31 Å². The molecule has 0 aliphatic carbocycles. The Balaban J connectivity index is 1.44. The van der Waals surface area contributed by atoms with Gasteiger partial charge in [0.15, 0.2) is 0 Å². The number of sulfonamides is 1. The average molecular weight is 550 g/mol. The van der Waals surface area contributed by atoms with E-state index in [0.29, 0.717) is 42.9 Å². The Morgan fingerprint density at radius 3 is 2.31 bits per heavy atom. The Bertz CT molecular complexity index is 1470. The van der Waals surface area contributed by atoms with Gasteiger partial charge in [-0.3, -0.25) is 4.31 Å². The van der Waals surface area contributed by atoms with Crippen molar-refractivity contribution in [2.24, 2.45) is 0 Å². The summed E-state index contributed by atoms with van der Waals surface area (Å²) in [5, 5.41) is 11.1. The Morgan fingerprint density at radius 1 is 1.03 bits per heavy atom. The second-order valence-corrected chi connectivity index (χ2v) is 12.9. The van der Waals surface area contributed by atoms with E-state index in [4.69, 9.17) is 9.47 Å². The molecule has 0 N–H and O–H groups in total. The van der Waals surface area contributed by atoms with Crippen LogP contribution in [0.3, 0.4) is 0 Å². The fourth-order valence-electron chi connectivity index (χ4n) is 4.50. The van der Waals surface area contributed by atoms with Crippen LogP contribution in [-0.4, -0.2) is 50.0 Å². The molecule has 0 saturated carbocycles. The third-order valence-corrected chi connectivity index (χ3v) is 8.32. The molecule has 0 atom stereocenters. The van der Waals surface area contributed by atoms with Crippen molar-refractivity contribution in [2.45, 2.75) is 58.8 Å². The molecule has 0 radical (unpaired) electrons. The Hall–Kier alpha value is -3.77. The standard InChI is InChI=1S/C30H35N3O5S/c1-5-39(35,36)33(21-23-7-9-24-8-6-22(20-31)18-25(24)19-23)26-10-12-27(13-11-26)37-28-14-16-32(17-15-28)29(34)38-30(2,3)4/h6-13,18-19,28H,5,14-17,21H2,1-4H3. The molecule has 8 nitrogen and oxygen atoms in total. The highest BCUT2D eigenvalue weighted by Gasteiger charge is 2.28. The molecule has 1 heterocycles. The maximum absolute atomic E-state index is 13.1. The first kappa shape index (κ1) is 28.2. The molecule has 1 amide bonds. The largest absolute Gasteiger partial charge is 0.490 e. The number of rotatable bonds is 7. The summed E-state index contributed by atoms with van der Waals surface area (Å²) >= 11 is 0. The normalized spacial score (nSPS) is 14.6. The van der Waals surface area contributed by atoms with Crippen LogP contribution in [0.4, 0.5) is 10.5 Å². The van der Waals surface area contributed by atoms with Gasteiger partial charge in [0.05, 0.1) is 29.6 Å². The lowest BCUT2D eigenvalue weighted by atomic mass is 10.0. The minimum Gasteiger partial charge on any atom is -0.490 e. The highest BCUT2D eigenvalue weighted by atomic mass is 32.2. The zero-order valence-electron chi connectivity index (χ0n) is 22.9. The molecule has 1 aliphatic rings. The molecule has 3 aromatic carbocycles. The molecular weight excluding hydrogens is 514 g/mol. The first-order valence-corrected chi connectivity index (χ1v) is 14.8. The van der Waals surface area contributed by atoms with Crippen molar-refractivity contribution in [3.8, 4) is 11.8 Å². The first-order valence-electron chi connectivity index (χ1n) is 13.2. The van der Waals surface area contributed by atoms with Crippen molar-refractivity contribution in [3.05, 3.63) is 71.8 Å². The second-order valence-electron chi connectivity index (χ2n) is 10.7. The smallest absolute Gasteiger partial charge is 0.410 e. The Labute approximate surface area is 230 Å². The molecular formula is C30H35N3O5S. The lowest BCUT2D eigenvalue weighted by Gasteiger charge is -2.33. The van der Waals surface area contributed by atoms with E-state index in [1.54, 1.807) is 42.2 Å². The predicted molar refractivity (Wildman–Crippen MR) is 152 cm³/mol. The maximum atomic E-state index is 13.1. The molecule has 1 fully saturated rings. The molecule has 0 bridgehead atoms. The first-order chi connectivity index (χ1) is 18.5. The molecule has 3 aromatic rings. The number of fused-ring (bicyclic) bond motifs is 1. The molecule has 9 heteroatoms. The summed E-state index contributed by atoms with van der Waals surface area (Å²) in [6.07, 6.45) is 1.03. The van der Waals surface area contributed by atoms with Gasteiger partial charge in [0.2, 0.25) is 10.0 Å². The van der Waals surface area contributed by atoms with Gasteiger partial charge in [0.1, 0.15) is 17.5 Å². The minimum atomic E-state index is -3.55. The number of hydrogen-bond acceptors (Lipinski definition) is 6. The average Bonchev–Trinajstić information content (AvgIpc) is 2.91. The van der Waals surface area contributed by atoms with Gasteiger partial charge in [-0.25, -0.2) is 13.2 Å². The van der Waals surface area contributed by atoms with Gasteiger partial charge in [-0.1, -0.05) is 18.2 Å². The lowest BCUT2D eigenvalue weighted by Crippen LogP contribution is -2.44. The van der Waals surface area contributed by atoms with Crippen molar-refractivity contribution >= 4 is 32.6 Å². The fourth-order valence-corrected chi connectivity index (χ4v) is 5.60. The van der Waals surface area contributed by atoms with Crippen molar-refractivity contribution in [1.29, 1.82) is 5.26 Å². The third kappa shape index (κ3) is 7.21. The van der Waals surface area contributed by atoms with E-state index < -0.39 is 15.6 Å². The summed E-state index contributed by atoms with van der Waals surface area (Å²) in [6.45, 7) is 8.47. The zero-order valence-corrected chi connectivity index (χ0v) is 23.7. The van der Waals surface area contributed by atoms with Gasteiger partial charge in [-0.05, 0) is 86.5 Å². The van der Waals surface area contributed by atoms with Crippen LogP contribution in [-0.2, 0) is 21.3 Å². The number of amides is 1. The molecule has 0 spiro atoms. The number of likely N-dealkylation sites (tertiary alicyclic amines) is 1. The summed E-state index contributed by atoms with van der Waals surface area (Å²) in [4.78, 5) is 14.0. The monoisotopic (exact) mass is 549 g/mol. The summed E-state index contributed by atoms with van der Waals surface area (Å²) < 4.78 is 39.1. The Morgan fingerprint density at radius 2 is 1.69 bits per heavy atom. The highest BCUT2D eigenvalue weighted by Crippen LogP contribution is 2.28. The van der Waals surface area contributed by atoms with E-state index in [-0.39, 0.29) is 24.5 Å². The van der Waals surface area contributed by atoms with Crippen LogP contribution in [0.1, 0.15) is 51.7 Å². The number of piperidine rings is 1. The van der Waals surface area contributed by atoms with Crippen LogP contribution >= 0.6 is 0 Å². The van der Waals surface area contributed by atoms with Crippen LogP contribution in [0.15, 0.2) is 60.7 Å². The Kier molecular flexibility index (Phi) is 8.36. The molecule has 1 aliphatic heterocycles. The van der Waals surface area contributed by atoms with Crippen LogP contribution in [0.2, 0.25) is 0 Å². The molecule has 39 heavy (non-hydrogen) atoms. The van der Waals surface area contributed by atoms with Gasteiger partial charge in [0, 0.05) is 25.9 Å². The topological polar surface area (TPSA) is 99.9 Å². The van der Waals surface area contributed by atoms with Crippen molar-refractivity contribution in [2.75, 3.05) is 23.1 Å². The molecule has 1 saturated heterocycles. The predicted octanol–water partition coefficient (Wildman–Crippen LogP) is 5.85. The number of carbonyl (C=O) groups is 1. The van der Waals surface area contributed by atoms with Gasteiger partial charge in [0.25, 0.3) is 0 Å². The van der Waals surface area contributed by atoms with E-state index in [1.807, 2.05) is 51.1 Å². The number of nitrogens with zero attached hydrogens (tertiary/aromatic N) is 3. The van der Waals surface area contributed by atoms with E-state index in [0.717, 1.165) is 16.3 Å².